The highest BCUT2D eigenvalue weighted by molar-refractivity contribution is 8.00. The molecule has 0 spiro atoms. The Morgan fingerprint density at radius 3 is 3.00 bits per heavy atom. The van der Waals surface area contributed by atoms with E-state index in [4.69, 9.17) is 16.3 Å². The van der Waals surface area contributed by atoms with E-state index in [0.717, 1.165) is 11.8 Å². The molecule has 0 amide bonds. The molecule has 0 atom stereocenters. The average molecular weight is 260 g/mol. The summed E-state index contributed by atoms with van der Waals surface area (Å²) in [4.78, 5) is 25.8. The van der Waals surface area contributed by atoms with Crippen molar-refractivity contribution >= 4 is 35.6 Å². The lowest BCUT2D eigenvalue weighted by atomic mass is 10.3. The number of ether oxygens (including phenoxy) is 1. The summed E-state index contributed by atoms with van der Waals surface area (Å²) in [6.45, 7) is 2.07. The minimum atomic E-state index is -0.342. The van der Waals surface area contributed by atoms with Crippen molar-refractivity contribution in [3.05, 3.63) is 22.8 Å². The van der Waals surface area contributed by atoms with E-state index < -0.39 is 0 Å². The van der Waals surface area contributed by atoms with Crippen LogP contribution in [0.1, 0.15) is 17.3 Å². The topological polar surface area (TPSA) is 56.3 Å². The molecule has 1 aromatic heterocycles. The average Bonchev–Trinajstić information content (AvgIpc) is 2.27. The minimum Gasteiger partial charge on any atom is -0.465 e. The molecule has 0 aliphatic rings. The van der Waals surface area contributed by atoms with Gasteiger partial charge in [0.15, 0.2) is 6.29 Å². The van der Waals surface area contributed by atoms with Gasteiger partial charge in [-0.25, -0.2) is 4.98 Å². The van der Waals surface area contributed by atoms with Gasteiger partial charge in [0.05, 0.1) is 12.4 Å². The van der Waals surface area contributed by atoms with E-state index >= 15 is 0 Å². The molecule has 0 fully saturated rings. The summed E-state index contributed by atoms with van der Waals surface area (Å²) in [6.07, 6.45) is 0.677. The van der Waals surface area contributed by atoms with Crippen molar-refractivity contribution in [3.8, 4) is 0 Å². The standard InChI is InChI=1S/C10H10ClNO3S/c1-2-15-9(14)6-16-10-7(5-13)3-4-8(11)12-10/h3-5H,2,6H2,1H3. The normalized spacial score (nSPS) is 9.88. The van der Waals surface area contributed by atoms with Gasteiger partial charge in [-0.05, 0) is 19.1 Å². The van der Waals surface area contributed by atoms with E-state index in [0.29, 0.717) is 23.5 Å². The van der Waals surface area contributed by atoms with E-state index in [-0.39, 0.29) is 16.9 Å². The maximum atomic E-state index is 11.1. The summed E-state index contributed by atoms with van der Waals surface area (Å²) < 4.78 is 4.76. The van der Waals surface area contributed by atoms with Crippen molar-refractivity contribution in [2.75, 3.05) is 12.4 Å². The van der Waals surface area contributed by atoms with Crippen LogP contribution in [0.5, 0.6) is 0 Å². The lowest BCUT2D eigenvalue weighted by molar-refractivity contribution is -0.139. The molecule has 0 aliphatic carbocycles. The molecular formula is C10H10ClNO3S. The molecule has 4 nitrogen and oxygen atoms in total. The highest BCUT2D eigenvalue weighted by Gasteiger charge is 2.09. The van der Waals surface area contributed by atoms with Crippen LogP contribution in [0, 0.1) is 0 Å². The van der Waals surface area contributed by atoms with Crippen molar-refractivity contribution in [3.63, 3.8) is 0 Å². The Kier molecular flexibility index (Phi) is 5.28. The van der Waals surface area contributed by atoms with Crippen LogP contribution in [0.2, 0.25) is 5.15 Å². The monoisotopic (exact) mass is 259 g/mol. The van der Waals surface area contributed by atoms with Crippen LogP contribution in [0.3, 0.4) is 0 Å². The lowest BCUT2D eigenvalue weighted by Gasteiger charge is -2.03. The summed E-state index contributed by atoms with van der Waals surface area (Å²) in [6, 6.07) is 3.09. The smallest absolute Gasteiger partial charge is 0.316 e. The second-order valence-electron chi connectivity index (χ2n) is 2.74. The summed E-state index contributed by atoms with van der Waals surface area (Å²) >= 11 is 6.83. The van der Waals surface area contributed by atoms with Crippen molar-refractivity contribution in [2.24, 2.45) is 0 Å². The first kappa shape index (κ1) is 13.0. The third-order valence-electron chi connectivity index (χ3n) is 1.61. The molecule has 86 valence electrons. The molecule has 0 radical (unpaired) electrons. The van der Waals surface area contributed by atoms with Gasteiger partial charge in [-0.15, -0.1) is 0 Å². The Morgan fingerprint density at radius 1 is 1.62 bits per heavy atom. The van der Waals surface area contributed by atoms with E-state index in [1.165, 1.54) is 6.07 Å². The number of thioether (sulfide) groups is 1. The van der Waals surface area contributed by atoms with Gasteiger partial charge in [0, 0.05) is 5.56 Å². The van der Waals surface area contributed by atoms with E-state index in [2.05, 4.69) is 4.98 Å². The highest BCUT2D eigenvalue weighted by atomic mass is 35.5. The summed E-state index contributed by atoms with van der Waals surface area (Å²) in [5.74, 6) is -0.228. The lowest BCUT2D eigenvalue weighted by Crippen LogP contribution is -2.07. The molecule has 1 aromatic rings. The van der Waals surface area contributed by atoms with Crippen molar-refractivity contribution < 1.29 is 14.3 Å². The predicted molar refractivity (Wildman–Crippen MR) is 62.0 cm³/mol. The zero-order chi connectivity index (χ0) is 12.0. The van der Waals surface area contributed by atoms with Crippen molar-refractivity contribution in [1.29, 1.82) is 0 Å². The molecule has 1 heterocycles. The Morgan fingerprint density at radius 2 is 2.38 bits per heavy atom. The maximum absolute atomic E-state index is 11.1. The number of hydrogen-bond acceptors (Lipinski definition) is 5. The number of aldehydes is 1. The number of esters is 1. The molecule has 0 saturated carbocycles. The number of carbonyl (C=O) groups excluding carboxylic acids is 2. The number of aromatic nitrogens is 1. The quantitative estimate of drug-likeness (QED) is 0.351. The molecule has 0 aromatic carbocycles. The first-order chi connectivity index (χ1) is 7.67. The summed E-state index contributed by atoms with van der Waals surface area (Å²) in [7, 11) is 0. The second kappa shape index (κ2) is 6.50. The summed E-state index contributed by atoms with van der Waals surface area (Å²) in [5, 5.41) is 0.729. The number of hydrogen-bond donors (Lipinski definition) is 0. The second-order valence-corrected chi connectivity index (χ2v) is 4.09. The van der Waals surface area contributed by atoms with Gasteiger partial charge >= 0.3 is 5.97 Å². The Hall–Kier alpha value is -1.07. The van der Waals surface area contributed by atoms with E-state index in [1.54, 1.807) is 13.0 Å². The van der Waals surface area contributed by atoms with Gasteiger partial charge in [0.25, 0.3) is 0 Å². The van der Waals surface area contributed by atoms with Crippen LogP contribution in [0.4, 0.5) is 0 Å². The maximum Gasteiger partial charge on any atom is 0.316 e. The minimum absolute atomic E-state index is 0.113. The predicted octanol–water partition coefficient (Wildman–Crippen LogP) is 2.20. The van der Waals surface area contributed by atoms with Gasteiger partial charge in [-0.2, -0.15) is 0 Å². The molecule has 0 saturated heterocycles. The zero-order valence-electron chi connectivity index (χ0n) is 8.60. The fourth-order valence-electron chi connectivity index (χ4n) is 0.964. The fraction of sp³-hybridized carbons (Fsp3) is 0.300. The largest absolute Gasteiger partial charge is 0.465 e. The Labute approximate surface area is 102 Å². The fourth-order valence-corrected chi connectivity index (χ4v) is 1.95. The third-order valence-corrected chi connectivity index (χ3v) is 2.81. The number of rotatable bonds is 5. The van der Waals surface area contributed by atoms with Gasteiger partial charge in [-0.1, -0.05) is 23.4 Å². The first-order valence-electron chi connectivity index (χ1n) is 4.57. The van der Waals surface area contributed by atoms with Gasteiger partial charge in [0.1, 0.15) is 10.2 Å². The van der Waals surface area contributed by atoms with Crippen molar-refractivity contribution in [1.82, 2.24) is 4.98 Å². The molecular weight excluding hydrogens is 250 g/mol. The molecule has 0 aliphatic heterocycles. The molecule has 0 N–H and O–H groups in total. The molecule has 6 heteroatoms. The van der Waals surface area contributed by atoms with Gasteiger partial charge < -0.3 is 4.74 Å². The number of carbonyl (C=O) groups is 2. The van der Waals surface area contributed by atoms with E-state index in [9.17, 15) is 9.59 Å². The number of nitrogens with zero attached hydrogens (tertiary/aromatic N) is 1. The number of pyridine rings is 1. The zero-order valence-corrected chi connectivity index (χ0v) is 10.2. The van der Waals surface area contributed by atoms with Crippen LogP contribution in [0.15, 0.2) is 17.2 Å². The highest BCUT2D eigenvalue weighted by Crippen LogP contribution is 2.21. The van der Waals surface area contributed by atoms with Gasteiger partial charge in [-0.3, -0.25) is 9.59 Å². The number of halogens is 1. The third kappa shape index (κ3) is 3.83. The Bertz CT molecular complexity index is 398. The summed E-state index contributed by atoms with van der Waals surface area (Å²) in [5.41, 5.74) is 0.415. The molecule has 0 bridgehead atoms. The van der Waals surface area contributed by atoms with Crippen LogP contribution in [0.25, 0.3) is 0 Å². The van der Waals surface area contributed by atoms with Crippen LogP contribution in [-0.2, 0) is 9.53 Å². The molecule has 16 heavy (non-hydrogen) atoms. The van der Waals surface area contributed by atoms with Gasteiger partial charge in [0.2, 0.25) is 0 Å². The van der Waals surface area contributed by atoms with Crippen LogP contribution >= 0.6 is 23.4 Å². The Balaban J connectivity index is 2.68. The molecule has 0 unspecified atom stereocenters. The first-order valence-corrected chi connectivity index (χ1v) is 5.94. The van der Waals surface area contributed by atoms with Crippen LogP contribution < -0.4 is 0 Å². The van der Waals surface area contributed by atoms with Crippen molar-refractivity contribution in [2.45, 2.75) is 11.9 Å². The van der Waals surface area contributed by atoms with E-state index in [1.807, 2.05) is 0 Å². The SMILES string of the molecule is CCOC(=O)CSc1nc(Cl)ccc1C=O. The van der Waals surface area contributed by atoms with Crippen LogP contribution in [-0.4, -0.2) is 29.6 Å². The molecule has 1 rings (SSSR count).